The van der Waals surface area contributed by atoms with Gasteiger partial charge in [0.2, 0.25) is 5.91 Å². The summed E-state index contributed by atoms with van der Waals surface area (Å²) in [5.74, 6) is 7.37. The summed E-state index contributed by atoms with van der Waals surface area (Å²) in [5, 5.41) is 0. The normalized spacial score (nSPS) is 17.9. The number of amides is 1. The van der Waals surface area contributed by atoms with E-state index in [-0.39, 0.29) is 5.91 Å². The molecule has 1 heterocycles. The molecular weight excluding hydrogens is 366 g/mol. The molecule has 0 aromatic heterocycles. The van der Waals surface area contributed by atoms with Crippen molar-refractivity contribution in [1.29, 1.82) is 0 Å². The van der Waals surface area contributed by atoms with Crippen LogP contribution in [0.3, 0.4) is 0 Å². The number of rotatable bonds is 2. The van der Waals surface area contributed by atoms with Gasteiger partial charge in [0.1, 0.15) is 0 Å². The Morgan fingerprint density at radius 1 is 0.767 bits per heavy atom. The maximum Gasteiger partial charge on any atom is 0.227 e. The van der Waals surface area contributed by atoms with Gasteiger partial charge in [-0.2, -0.15) is 0 Å². The summed E-state index contributed by atoms with van der Waals surface area (Å²) in [7, 11) is 0. The van der Waals surface area contributed by atoms with Crippen molar-refractivity contribution in [2.45, 2.75) is 77.2 Å². The second-order valence-corrected chi connectivity index (χ2v) is 8.88. The number of hydrogen-bond acceptors (Lipinski definition) is 1. The molecule has 2 nitrogen and oxygen atoms in total. The largest absolute Gasteiger partial charge is 0.307 e. The second kappa shape index (κ2) is 10.5. The van der Waals surface area contributed by atoms with Gasteiger partial charge in [-0.15, -0.1) is 0 Å². The highest BCUT2D eigenvalue weighted by atomic mass is 16.2. The molecule has 0 radical (unpaired) electrons. The van der Waals surface area contributed by atoms with Crippen molar-refractivity contribution in [3.05, 3.63) is 65.2 Å². The van der Waals surface area contributed by atoms with Crippen molar-refractivity contribution < 1.29 is 4.79 Å². The van der Waals surface area contributed by atoms with Crippen molar-refractivity contribution in [1.82, 2.24) is 0 Å². The predicted octanol–water partition coefficient (Wildman–Crippen LogP) is 6.85. The van der Waals surface area contributed by atoms with Crippen molar-refractivity contribution in [3.8, 4) is 11.8 Å². The Morgan fingerprint density at radius 2 is 1.33 bits per heavy atom. The fraction of sp³-hybridized carbons (Fsp3) is 0.464. The summed E-state index contributed by atoms with van der Waals surface area (Å²) in [6.45, 7) is 0.605. The number of carbonyl (C=O) groups excluding carboxylic acids is 1. The quantitative estimate of drug-likeness (QED) is 0.505. The number of para-hydroxylation sites is 1. The maximum atomic E-state index is 13.6. The molecule has 0 N–H and O–H groups in total. The second-order valence-electron chi connectivity index (χ2n) is 8.88. The van der Waals surface area contributed by atoms with E-state index < -0.39 is 0 Å². The summed E-state index contributed by atoms with van der Waals surface area (Å²) in [6, 6.07) is 16.3. The lowest BCUT2D eigenvalue weighted by Gasteiger charge is -2.28. The first-order valence-electron chi connectivity index (χ1n) is 11.8. The zero-order chi connectivity index (χ0) is 20.6. The summed E-state index contributed by atoms with van der Waals surface area (Å²) in [5.41, 5.74) is 4.07. The van der Waals surface area contributed by atoms with E-state index in [9.17, 15) is 4.79 Å². The fourth-order valence-corrected chi connectivity index (χ4v) is 4.84. The van der Waals surface area contributed by atoms with Crippen LogP contribution in [0.25, 0.3) is 0 Å². The Hall–Kier alpha value is -2.53. The molecule has 2 aromatic carbocycles. The first-order valence-corrected chi connectivity index (χ1v) is 11.8. The molecule has 0 spiro atoms. The van der Waals surface area contributed by atoms with Crippen LogP contribution in [0.5, 0.6) is 0 Å². The van der Waals surface area contributed by atoms with E-state index in [1.54, 1.807) is 0 Å². The molecule has 30 heavy (non-hydrogen) atoms. The zero-order valence-corrected chi connectivity index (χ0v) is 18.0. The average molecular weight is 400 g/mol. The summed E-state index contributed by atoms with van der Waals surface area (Å²) < 4.78 is 0. The van der Waals surface area contributed by atoms with Gasteiger partial charge in [0.05, 0.1) is 12.2 Å². The van der Waals surface area contributed by atoms with Crippen molar-refractivity contribution in [2.75, 3.05) is 4.90 Å². The lowest BCUT2D eigenvalue weighted by molar-refractivity contribution is -0.119. The van der Waals surface area contributed by atoms with Crippen LogP contribution >= 0.6 is 0 Å². The zero-order valence-electron chi connectivity index (χ0n) is 18.0. The van der Waals surface area contributed by atoms with Crippen molar-refractivity contribution in [3.63, 3.8) is 0 Å². The van der Waals surface area contributed by atoms with E-state index in [4.69, 9.17) is 0 Å². The number of benzene rings is 2. The van der Waals surface area contributed by atoms with Gasteiger partial charge in [-0.05, 0) is 42.5 Å². The van der Waals surface area contributed by atoms with Gasteiger partial charge < -0.3 is 4.90 Å². The minimum atomic E-state index is 0.251. The SMILES string of the molecule is O=C(CC1CCCCCCCCCC1)N1Cc2ccccc2C#Cc2ccccc21. The van der Waals surface area contributed by atoms with Crippen LogP contribution in [0.1, 0.15) is 87.3 Å². The van der Waals surface area contributed by atoms with Gasteiger partial charge in [0.25, 0.3) is 0 Å². The summed E-state index contributed by atoms with van der Waals surface area (Å²) in [4.78, 5) is 15.6. The van der Waals surface area contributed by atoms with E-state index in [1.807, 2.05) is 41.3 Å². The van der Waals surface area contributed by atoms with Crippen LogP contribution in [-0.2, 0) is 11.3 Å². The number of carbonyl (C=O) groups is 1. The lowest BCUT2D eigenvalue weighted by Crippen LogP contribution is -2.33. The summed E-state index contributed by atoms with van der Waals surface area (Å²) >= 11 is 0. The molecule has 1 aliphatic heterocycles. The van der Waals surface area contributed by atoms with Crippen molar-refractivity contribution in [2.24, 2.45) is 5.92 Å². The monoisotopic (exact) mass is 399 g/mol. The van der Waals surface area contributed by atoms with Gasteiger partial charge in [-0.1, -0.05) is 93.5 Å². The molecule has 2 aliphatic rings. The Bertz CT molecular complexity index is 907. The van der Waals surface area contributed by atoms with E-state index >= 15 is 0 Å². The Morgan fingerprint density at radius 3 is 2.07 bits per heavy atom. The molecule has 2 heteroatoms. The third-order valence-electron chi connectivity index (χ3n) is 6.61. The van der Waals surface area contributed by atoms with Gasteiger partial charge in [-0.3, -0.25) is 4.79 Å². The number of fused-ring (bicyclic) bond motifs is 2. The highest BCUT2D eigenvalue weighted by molar-refractivity contribution is 5.95. The molecule has 156 valence electrons. The van der Waals surface area contributed by atoms with E-state index in [1.165, 1.54) is 64.2 Å². The van der Waals surface area contributed by atoms with Crippen LogP contribution < -0.4 is 4.90 Å². The molecular formula is C28H33NO. The van der Waals surface area contributed by atoms with Crippen LogP contribution in [-0.4, -0.2) is 5.91 Å². The molecule has 0 bridgehead atoms. The molecule has 0 saturated heterocycles. The smallest absolute Gasteiger partial charge is 0.227 e. The number of anilines is 1. The lowest BCUT2D eigenvalue weighted by atomic mass is 9.91. The standard InChI is InChI=1S/C28H33NO/c30-28(21-23-13-7-5-3-1-2-4-6-8-14-23)29-22-26-17-10-9-15-24(26)19-20-25-16-11-12-18-27(25)29/h9-12,15-18,23H,1-8,13-14,21-22H2. The Balaban J connectivity index is 1.55. The molecule has 4 rings (SSSR count). The fourth-order valence-electron chi connectivity index (χ4n) is 4.84. The van der Waals surface area contributed by atoms with Gasteiger partial charge in [0.15, 0.2) is 0 Å². The first kappa shape index (κ1) is 20.7. The Labute approximate surface area is 181 Å². The van der Waals surface area contributed by atoms with Crippen LogP contribution in [0.15, 0.2) is 48.5 Å². The van der Waals surface area contributed by atoms with Crippen LogP contribution in [0.4, 0.5) is 5.69 Å². The minimum absolute atomic E-state index is 0.251. The molecule has 1 fully saturated rings. The van der Waals surface area contributed by atoms with Crippen LogP contribution in [0, 0.1) is 17.8 Å². The van der Waals surface area contributed by atoms with E-state index in [0.717, 1.165) is 22.4 Å². The van der Waals surface area contributed by atoms with Crippen LogP contribution in [0.2, 0.25) is 0 Å². The molecule has 2 aromatic rings. The average Bonchev–Trinajstić information content (AvgIpc) is 2.81. The molecule has 1 saturated carbocycles. The van der Waals surface area contributed by atoms with Gasteiger partial charge in [-0.25, -0.2) is 0 Å². The Kier molecular flexibility index (Phi) is 7.25. The highest BCUT2D eigenvalue weighted by Crippen LogP contribution is 2.29. The van der Waals surface area contributed by atoms with Gasteiger partial charge in [0, 0.05) is 17.5 Å². The third-order valence-corrected chi connectivity index (χ3v) is 6.61. The van der Waals surface area contributed by atoms with E-state index in [0.29, 0.717) is 18.9 Å². The highest BCUT2D eigenvalue weighted by Gasteiger charge is 2.24. The molecule has 1 amide bonds. The molecule has 0 atom stereocenters. The summed E-state index contributed by atoms with van der Waals surface area (Å²) in [6.07, 6.45) is 13.7. The third kappa shape index (κ3) is 5.33. The minimum Gasteiger partial charge on any atom is -0.307 e. The molecule has 1 aliphatic carbocycles. The predicted molar refractivity (Wildman–Crippen MR) is 124 cm³/mol. The maximum absolute atomic E-state index is 13.6. The first-order chi connectivity index (χ1) is 14.8. The van der Waals surface area contributed by atoms with Gasteiger partial charge >= 0.3 is 0 Å². The number of nitrogens with zero attached hydrogens (tertiary/aromatic N) is 1. The molecule has 0 unspecified atom stereocenters. The van der Waals surface area contributed by atoms with E-state index in [2.05, 4.69) is 24.0 Å². The van der Waals surface area contributed by atoms with Crippen molar-refractivity contribution >= 4 is 11.6 Å². The number of hydrogen-bond donors (Lipinski definition) is 0. The topological polar surface area (TPSA) is 20.3 Å².